The monoisotopic (exact) mass is 560 g/mol. The number of benzene rings is 2. The molecule has 3 N–H and O–H groups in total. The van der Waals surface area contributed by atoms with Crippen LogP contribution in [0, 0.1) is 5.92 Å². The normalized spacial score (nSPS) is 16.6. The number of amides is 2. The van der Waals surface area contributed by atoms with Gasteiger partial charge >= 0.3 is 0 Å². The zero-order valence-corrected chi connectivity index (χ0v) is 23.5. The Morgan fingerprint density at radius 1 is 0.900 bits per heavy atom. The highest BCUT2D eigenvalue weighted by molar-refractivity contribution is 6.32. The predicted molar refractivity (Wildman–Crippen MR) is 159 cm³/mol. The number of likely N-dealkylation sites (tertiary alicyclic amines) is 2. The van der Waals surface area contributed by atoms with Gasteiger partial charge in [0.15, 0.2) is 0 Å². The first-order chi connectivity index (χ1) is 19.5. The third-order valence-electron chi connectivity index (χ3n) is 7.92. The number of anilines is 1. The van der Waals surface area contributed by atoms with Gasteiger partial charge < -0.3 is 20.9 Å². The lowest BCUT2D eigenvalue weighted by molar-refractivity contribution is -0.141. The van der Waals surface area contributed by atoms with Crippen molar-refractivity contribution in [1.29, 1.82) is 0 Å². The van der Waals surface area contributed by atoms with E-state index in [1.165, 1.54) is 0 Å². The van der Waals surface area contributed by atoms with E-state index >= 15 is 0 Å². The molecule has 0 atom stereocenters. The standard InChI is InChI=1S/C31H37ClN6O2/c32-27-21-34-31(36-29(27)25-9-4-8-24(20-25)22-6-2-1-3-7-22)35-26-13-18-38(19-14-26)30(40)23-11-16-37(17-12-23)28(39)10-5-15-33/h1-4,6-9,20-21,23,26H,5,10-19,33H2,(H,34,35,36). The van der Waals surface area contributed by atoms with Gasteiger partial charge in [-0.3, -0.25) is 9.59 Å². The van der Waals surface area contributed by atoms with E-state index in [4.69, 9.17) is 22.3 Å². The molecule has 2 aliphatic rings. The van der Waals surface area contributed by atoms with E-state index in [1.54, 1.807) is 6.20 Å². The summed E-state index contributed by atoms with van der Waals surface area (Å²) in [5.41, 5.74) is 9.39. The molecule has 0 bridgehead atoms. The highest BCUT2D eigenvalue weighted by atomic mass is 35.5. The number of nitrogens with zero attached hydrogens (tertiary/aromatic N) is 4. The van der Waals surface area contributed by atoms with E-state index in [0.717, 1.165) is 42.4 Å². The highest BCUT2D eigenvalue weighted by Crippen LogP contribution is 2.30. The van der Waals surface area contributed by atoms with E-state index in [1.807, 2.05) is 40.1 Å². The number of rotatable bonds is 8. The lowest BCUT2D eigenvalue weighted by Crippen LogP contribution is -2.48. The fourth-order valence-corrected chi connectivity index (χ4v) is 5.79. The molecular formula is C31H37ClN6O2. The van der Waals surface area contributed by atoms with Crippen LogP contribution in [0.1, 0.15) is 38.5 Å². The van der Waals surface area contributed by atoms with Gasteiger partial charge in [-0.05, 0) is 55.8 Å². The van der Waals surface area contributed by atoms with Gasteiger partial charge in [0.05, 0.1) is 16.9 Å². The van der Waals surface area contributed by atoms with Crippen molar-refractivity contribution in [3.05, 3.63) is 65.8 Å². The first-order valence-corrected chi connectivity index (χ1v) is 14.6. The molecule has 3 heterocycles. The number of carbonyl (C=O) groups is 2. The third-order valence-corrected chi connectivity index (χ3v) is 8.20. The number of nitrogens with two attached hydrogens (primary N) is 1. The number of aromatic nitrogens is 2. The minimum Gasteiger partial charge on any atom is -0.351 e. The summed E-state index contributed by atoms with van der Waals surface area (Å²) in [6, 6.07) is 18.6. The van der Waals surface area contributed by atoms with Crippen molar-refractivity contribution < 1.29 is 9.59 Å². The minimum absolute atomic E-state index is 0.00289. The molecular weight excluding hydrogens is 524 g/mol. The Labute approximate surface area is 240 Å². The maximum Gasteiger partial charge on any atom is 0.225 e. The van der Waals surface area contributed by atoms with Crippen molar-refractivity contribution in [2.45, 2.75) is 44.6 Å². The fourth-order valence-electron chi connectivity index (χ4n) is 5.59. The molecule has 40 heavy (non-hydrogen) atoms. The molecule has 0 aliphatic carbocycles. The molecule has 8 nitrogen and oxygen atoms in total. The summed E-state index contributed by atoms with van der Waals surface area (Å²) in [7, 11) is 0. The number of hydrogen-bond acceptors (Lipinski definition) is 6. The van der Waals surface area contributed by atoms with Crippen LogP contribution in [0.3, 0.4) is 0 Å². The maximum absolute atomic E-state index is 13.2. The van der Waals surface area contributed by atoms with Crippen molar-refractivity contribution in [3.8, 4) is 22.4 Å². The topological polar surface area (TPSA) is 104 Å². The van der Waals surface area contributed by atoms with E-state index in [9.17, 15) is 9.59 Å². The summed E-state index contributed by atoms with van der Waals surface area (Å²) in [5, 5.41) is 3.97. The summed E-state index contributed by atoms with van der Waals surface area (Å²) in [4.78, 5) is 38.5. The van der Waals surface area contributed by atoms with Crippen LogP contribution in [-0.2, 0) is 9.59 Å². The molecule has 3 aromatic rings. The first kappa shape index (κ1) is 28.1. The molecule has 2 fully saturated rings. The molecule has 0 unspecified atom stereocenters. The van der Waals surface area contributed by atoms with E-state index in [0.29, 0.717) is 62.2 Å². The lowest BCUT2D eigenvalue weighted by Gasteiger charge is -2.37. The van der Waals surface area contributed by atoms with Crippen LogP contribution in [0.25, 0.3) is 22.4 Å². The van der Waals surface area contributed by atoms with Gasteiger partial charge in [-0.2, -0.15) is 0 Å². The van der Waals surface area contributed by atoms with Crippen LogP contribution in [0.5, 0.6) is 0 Å². The number of halogens is 1. The van der Waals surface area contributed by atoms with Crippen LogP contribution in [0.4, 0.5) is 5.95 Å². The van der Waals surface area contributed by atoms with E-state index in [2.05, 4.69) is 34.6 Å². The lowest BCUT2D eigenvalue weighted by atomic mass is 9.93. The maximum atomic E-state index is 13.2. The van der Waals surface area contributed by atoms with Crippen LogP contribution in [0.2, 0.25) is 5.02 Å². The summed E-state index contributed by atoms with van der Waals surface area (Å²) in [6.45, 7) is 3.24. The molecule has 5 rings (SSSR count). The molecule has 2 aliphatic heterocycles. The SMILES string of the molecule is NCCCC(=O)N1CCC(C(=O)N2CCC(Nc3ncc(Cl)c(-c4cccc(-c5ccccc5)c4)n3)CC2)CC1. The van der Waals surface area contributed by atoms with Crippen LogP contribution >= 0.6 is 11.6 Å². The Hall–Kier alpha value is -3.49. The number of piperidine rings is 2. The zero-order chi connectivity index (χ0) is 27.9. The summed E-state index contributed by atoms with van der Waals surface area (Å²) < 4.78 is 0. The van der Waals surface area contributed by atoms with Crippen molar-refractivity contribution >= 4 is 29.4 Å². The molecule has 0 spiro atoms. The van der Waals surface area contributed by atoms with E-state index in [-0.39, 0.29) is 23.8 Å². The molecule has 9 heteroatoms. The van der Waals surface area contributed by atoms with Crippen molar-refractivity contribution in [2.24, 2.45) is 11.7 Å². The Kier molecular flexibility index (Phi) is 9.29. The first-order valence-electron chi connectivity index (χ1n) is 14.2. The average Bonchev–Trinajstić information content (AvgIpc) is 3.01. The Morgan fingerprint density at radius 2 is 1.57 bits per heavy atom. The highest BCUT2D eigenvalue weighted by Gasteiger charge is 2.32. The second-order valence-electron chi connectivity index (χ2n) is 10.6. The van der Waals surface area contributed by atoms with Gasteiger partial charge in [0.25, 0.3) is 0 Å². The van der Waals surface area contributed by atoms with Crippen LogP contribution in [-0.4, -0.2) is 70.3 Å². The Balaban J connectivity index is 1.15. The molecule has 2 saturated heterocycles. The molecule has 210 valence electrons. The zero-order valence-electron chi connectivity index (χ0n) is 22.8. The molecule has 1 aromatic heterocycles. The fraction of sp³-hybridized carbons (Fsp3) is 0.419. The summed E-state index contributed by atoms with van der Waals surface area (Å²) in [5.74, 6) is 0.911. The minimum atomic E-state index is -0.00289. The largest absolute Gasteiger partial charge is 0.351 e. The average molecular weight is 561 g/mol. The van der Waals surface area contributed by atoms with Crippen LogP contribution in [0.15, 0.2) is 60.8 Å². The Bertz CT molecular complexity index is 1300. The Morgan fingerprint density at radius 3 is 2.30 bits per heavy atom. The van der Waals surface area contributed by atoms with Crippen LogP contribution < -0.4 is 11.1 Å². The van der Waals surface area contributed by atoms with Gasteiger partial charge in [0.2, 0.25) is 17.8 Å². The number of hydrogen-bond donors (Lipinski definition) is 2. The van der Waals surface area contributed by atoms with Crippen molar-refractivity contribution in [1.82, 2.24) is 19.8 Å². The van der Waals surface area contributed by atoms with E-state index < -0.39 is 0 Å². The second-order valence-corrected chi connectivity index (χ2v) is 11.0. The van der Waals surface area contributed by atoms with Gasteiger partial charge in [-0.25, -0.2) is 9.97 Å². The summed E-state index contributed by atoms with van der Waals surface area (Å²) >= 11 is 6.52. The van der Waals surface area contributed by atoms with Gasteiger partial charge in [0, 0.05) is 50.1 Å². The summed E-state index contributed by atoms with van der Waals surface area (Å²) in [6.07, 6.45) is 5.97. The quantitative estimate of drug-likeness (QED) is 0.408. The molecule has 2 aromatic carbocycles. The number of carbonyl (C=O) groups excluding carboxylic acids is 2. The number of nitrogens with one attached hydrogen (secondary N) is 1. The van der Waals surface area contributed by atoms with Gasteiger partial charge in [-0.1, -0.05) is 60.1 Å². The predicted octanol–water partition coefficient (Wildman–Crippen LogP) is 4.84. The molecule has 2 amide bonds. The third kappa shape index (κ3) is 6.80. The molecule has 0 saturated carbocycles. The molecule has 0 radical (unpaired) electrons. The second kappa shape index (κ2) is 13.2. The van der Waals surface area contributed by atoms with Crippen molar-refractivity contribution in [2.75, 3.05) is 38.0 Å². The van der Waals surface area contributed by atoms with Gasteiger partial charge in [0.1, 0.15) is 0 Å². The smallest absolute Gasteiger partial charge is 0.225 e. The van der Waals surface area contributed by atoms with Crippen molar-refractivity contribution in [3.63, 3.8) is 0 Å². The van der Waals surface area contributed by atoms with Gasteiger partial charge in [-0.15, -0.1) is 0 Å².